The second-order valence-electron chi connectivity index (χ2n) is 9.84. The van der Waals surface area contributed by atoms with Gasteiger partial charge in [-0.3, -0.25) is 5.32 Å². The maximum atomic E-state index is 11.3. The number of ether oxygens (including phenoxy) is 1. The van der Waals surface area contributed by atoms with Crippen molar-refractivity contribution < 1.29 is 19.7 Å². The molecule has 2 saturated carbocycles. The van der Waals surface area contributed by atoms with Crippen LogP contribution in [-0.2, 0) is 13.0 Å². The van der Waals surface area contributed by atoms with E-state index in [1.165, 1.54) is 11.1 Å². The second kappa shape index (κ2) is 7.56. The van der Waals surface area contributed by atoms with E-state index in [1.54, 1.807) is 0 Å². The number of benzene rings is 2. The molecule has 0 radical (unpaired) electrons. The maximum absolute atomic E-state index is 11.3. The van der Waals surface area contributed by atoms with Gasteiger partial charge in [0.2, 0.25) is 0 Å². The van der Waals surface area contributed by atoms with Crippen LogP contribution >= 0.6 is 0 Å². The predicted octanol–water partition coefficient (Wildman–Crippen LogP) is 5.08. The quantitative estimate of drug-likeness (QED) is 0.602. The van der Waals surface area contributed by atoms with Crippen molar-refractivity contribution in [3.8, 4) is 5.75 Å². The zero-order valence-corrected chi connectivity index (χ0v) is 18.0. The average molecular weight is 422 g/mol. The molecular formula is C26H31NO4. The Bertz CT molecular complexity index is 977. The van der Waals surface area contributed by atoms with Gasteiger partial charge in [-0.25, -0.2) is 4.79 Å². The highest BCUT2D eigenvalue weighted by atomic mass is 16.5. The summed E-state index contributed by atoms with van der Waals surface area (Å²) in [5, 5.41) is 22.9. The highest BCUT2D eigenvalue weighted by Crippen LogP contribution is 2.63. The van der Waals surface area contributed by atoms with Crippen molar-refractivity contribution in [1.29, 1.82) is 0 Å². The summed E-state index contributed by atoms with van der Waals surface area (Å²) in [5.74, 6) is 2.23. The molecule has 3 aliphatic rings. The van der Waals surface area contributed by atoms with Gasteiger partial charge in [0.1, 0.15) is 18.1 Å². The summed E-state index contributed by atoms with van der Waals surface area (Å²) in [7, 11) is 0. The Balaban J connectivity index is 1.34. The molecule has 5 atom stereocenters. The lowest BCUT2D eigenvalue weighted by Crippen LogP contribution is -2.59. The topological polar surface area (TPSA) is 78.8 Å². The van der Waals surface area contributed by atoms with Crippen molar-refractivity contribution in [2.24, 2.45) is 17.3 Å². The fourth-order valence-electron chi connectivity index (χ4n) is 6.79. The highest BCUT2D eigenvalue weighted by Gasteiger charge is 2.62. The van der Waals surface area contributed by atoms with Crippen LogP contribution in [0.2, 0.25) is 0 Å². The second-order valence-corrected chi connectivity index (χ2v) is 9.84. The first-order valence-corrected chi connectivity index (χ1v) is 11.4. The average Bonchev–Trinajstić information content (AvgIpc) is 3.02. The number of amides is 1. The van der Waals surface area contributed by atoms with Crippen molar-refractivity contribution in [1.82, 2.24) is 5.32 Å². The fraction of sp³-hybridized carbons (Fsp3) is 0.500. The van der Waals surface area contributed by atoms with E-state index in [0.717, 1.165) is 43.4 Å². The van der Waals surface area contributed by atoms with Gasteiger partial charge in [-0.2, -0.15) is 0 Å². The van der Waals surface area contributed by atoms with E-state index in [-0.39, 0.29) is 0 Å². The molecule has 5 nitrogen and oxygen atoms in total. The van der Waals surface area contributed by atoms with Crippen molar-refractivity contribution in [3.63, 3.8) is 0 Å². The monoisotopic (exact) mass is 421 g/mol. The summed E-state index contributed by atoms with van der Waals surface area (Å²) in [6.07, 6.45) is 4.16. The van der Waals surface area contributed by atoms with Gasteiger partial charge in [-0.05, 0) is 85.1 Å². The smallest absolute Gasteiger partial charge is 0.406 e. The number of hydrogen-bond acceptors (Lipinski definition) is 3. The van der Waals surface area contributed by atoms with Crippen molar-refractivity contribution in [2.75, 3.05) is 0 Å². The third-order valence-electron chi connectivity index (χ3n) is 8.41. The first-order chi connectivity index (χ1) is 14.9. The molecule has 0 saturated heterocycles. The lowest BCUT2D eigenvalue weighted by atomic mass is 9.54. The van der Waals surface area contributed by atoms with Crippen LogP contribution in [0.1, 0.15) is 61.6 Å². The van der Waals surface area contributed by atoms with E-state index in [1.807, 2.05) is 18.2 Å². The van der Waals surface area contributed by atoms with Crippen LogP contribution in [-0.4, -0.2) is 22.0 Å². The normalized spacial score (nSPS) is 33.7. The Morgan fingerprint density at radius 3 is 2.71 bits per heavy atom. The van der Waals surface area contributed by atoms with Gasteiger partial charge in [0.25, 0.3) is 0 Å². The first-order valence-electron chi connectivity index (χ1n) is 11.4. The minimum Gasteiger partial charge on any atom is -0.489 e. The molecule has 2 aromatic carbocycles. The molecule has 1 amide bonds. The summed E-state index contributed by atoms with van der Waals surface area (Å²) in [6.45, 7) is 2.66. The molecule has 2 aromatic rings. The Morgan fingerprint density at radius 2 is 1.94 bits per heavy atom. The summed E-state index contributed by atoms with van der Waals surface area (Å²) >= 11 is 0. The number of aliphatic hydroxyl groups is 1. The Hall–Kier alpha value is -2.53. The van der Waals surface area contributed by atoms with Crippen molar-refractivity contribution >= 4 is 6.09 Å². The SMILES string of the molecule is C[C@]12CC[C@@H]3c4ccc(OCc5ccccc5)cc4CC[C@H]3[C@@H]1CCC2(O)NC(=O)O. The van der Waals surface area contributed by atoms with Gasteiger partial charge in [0, 0.05) is 5.41 Å². The van der Waals surface area contributed by atoms with Crippen LogP contribution < -0.4 is 10.1 Å². The lowest BCUT2D eigenvalue weighted by Gasteiger charge is -2.53. The van der Waals surface area contributed by atoms with Gasteiger partial charge < -0.3 is 14.9 Å². The van der Waals surface area contributed by atoms with Gasteiger partial charge in [-0.1, -0.05) is 43.3 Å². The third-order valence-corrected chi connectivity index (χ3v) is 8.41. The Labute approximate surface area is 183 Å². The molecule has 3 N–H and O–H groups in total. The molecule has 5 heteroatoms. The van der Waals surface area contributed by atoms with Gasteiger partial charge in [0.05, 0.1) is 0 Å². The molecule has 0 spiro atoms. The van der Waals surface area contributed by atoms with E-state index >= 15 is 0 Å². The minimum atomic E-state index is -1.32. The molecule has 1 unspecified atom stereocenters. The number of nitrogens with one attached hydrogen (secondary N) is 1. The maximum Gasteiger partial charge on any atom is 0.406 e. The van der Waals surface area contributed by atoms with Crippen molar-refractivity contribution in [2.45, 2.75) is 63.7 Å². The summed E-state index contributed by atoms with van der Waals surface area (Å²) < 4.78 is 6.05. The zero-order chi connectivity index (χ0) is 21.6. The van der Waals surface area contributed by atoms with E-state index in [4.69, 9.17) is 4.74 Å². The molecule has 31 heavy (non-hydrogen) atoms. The molecule has 0 bridgehead atoms. The van der Waals surface area contributed by atoms with Crippen LogP contribution in [0.3, 0.4) is 0 Å². The first kappa shape index (κ1) is 20.4. The standard InChI is InChI=1S/C26H31NO4/c1-25-13-11-21-20-10-8-19(31-16-17-5-3-2-4-6-17)15-18(20)7-9-22(21)23(25)12-14-26(25,30)27-24(28)29/h2-6,8,10,15,21-23,27,30H,7,9,11-14,16H2,1H3,(H,28,29)/t21-,22-,23+,25+,26?/m1/s1. The number of carboxylic acid groups (broad SMARTS) is 1. The van der Waals surface area contributed by atoms with E-state index in [9.17, 15) is 15.0 Å². The van der Waals surface area contributed by atoms with Crippen LogP contribution in [0.4, 0.5) is 4.79 Å². The number of fused-ring (bicyclic) bond motifs is 5. The zero-order valence-electron chi connectivity index (χ0n) is 18.0. The number of aryl methyl sites for hydroxylation is 1. The van der Waals surface area contributed by atoms with Crippen molar-refractivity contribution in [3.05, 3.63) is 65.2 Å². The van der Waals surface area contributed by atoms with Gasteiger partial charge >= 0.3 is 6.09 Å². The number of rotatable bonds is 4. The van der Waals surface area contributed by atoms with Crippen LogP contribution in [0.25, 0.3) is 0 Å². The summed E-state index contributed by atoms with van der Waals surface area (Å²) in [5.41, 5.74) is 2.25. The minimum absolute atomic E-state index is 0.338. The Morgan fingerprint density at radius 1 is 1.13 bits per heavy atom. The fourth-order valence-corrected chi connectivity index (χ4v) is 6.79. The molecule has 0 aliphatic heterocycles. The van der Waals surface area contributed by atoms with Gasteiger partial charge in [0.15, 0.2) is 0 Å². The summed E-state index contributed by atoms with van der Waals surface area (Å²) in [4.78, 5) is 11.3. The van der Waals surface area contributed by atoms with E-state index in [0.29, 0.717) is 30.8 Å². The largest absolute Gasteiger partial charge is 0.489 e. The van der Waals surface area contributed by atoms with Crippen LogP contribution in [0.15, 0.2) is 48.5 Å². The molecule has 3 aliphatic carbocycles. The summed E-state index contributed by atoms with van der Waals surface area (Å²) in [6, 6.07) is 16.8. The van der Waals surface area contributed by atoms with Crippen LogP contribution in [0, 0.1) is 17.3 Å². The van der Waals surface area contributed by atoms with E-state index < -0.39 is 17.2 Å². The van der Waals surface area contributed by atoms with Gasteiger partial charge in [-0.15, -0.1) is 0 Å². The Kier molecular flexibility index (Phi) is 4.97. The number of carbonyl (C=O) groups is 1. The molecule has 0 aromatic heterocycles. The highest BCUT2D eigenvalue weighted by molar-refractivity contribution is 5.65. The molecule has 0 heterocycles. The molecule has 164 valence electrons. The third kappa shape index (κ3) is 3.39. The lowest BCUT2D eigenvalue weighted by molar-refractivity contribution is -0.118. The van der Waals surface area contributed by atoms with Crippen LogP contribution in [0.5, 0.6) is 5.75 Å². The molecular weight excluding hydrogens is 390 g/mol. The predicted molar refractivity (Wildman–Crippen MR) is 118 cm³/mol. The van der Waals surface area contributed by atoms with E-state index in [2.05, 4.69) is 42.6 Å². The molecule has 5 rings (SSSR count). The number of hydrogen-bond donors (Lipinski definition) is 3. The molecule has 2 fully saturated rings.